The summed E-state index contributed by atoms with van der Waals surface area (Å²) in [6.07, 6.45) is 0.738. The predicted octanol–water partition coefficient (Wildman–Crippen LogP) is 5.00. The molecule has 0 unspecified atom stereocenters. The predicted molar refractivity (Wildman–Crippen MR) is 123 cm³/mol. The molecule has 158 valence electrons. The molecule has 0 atom stereocenters. The Balaban J connectivity index is 1.66. The van der Waals surface area contributed by atoms with Crippen LogP contribution in [0.3, 0.4) is 0 Å². The van der Waals surface area contributed by atoms with E-state index in [0.717, 1.165) is 28.6 Å². The number of methoxy groups -OCH3 is 2. The summed E-state index contributed by atoms with van der Waals surface area (Å²) in [5.74, 6) is 0.805. The number of carbonyl (C=O) groups is 1. The Morgan fingerprint density at radius 2 is 1.77 bits per heavy atom. The van der Waals surface area contributed by atoms with Crippen molar-refractivity contribution in [2.75, 3.05) is 19.5 Å². The van der Waals surface area contributed by atoms with E-state index in [2.05, 4.69) is 27.4 Å². The lowest BCUT2D eigenvalue weighted by atomic mass is 10.0. The number of hydrogen-bond acceptors (Lipinski definition) is 6. The number of anilines is 1. The van der Waals surface area contributed by atoms with Gasteiger partial charge < -0.3 is 14.8 Å². The SMILES string of the molecule is COCc1nc(OC)c2c(C)c(C(=O)Nc3ccccc3Cc3ccccc3)sc2n1. The summed E-state index contributed by atoms with van der Waals surface area (Å²) in [4.78, 5) is 23.4. The van der Waals surface area contributed by atoms with Crippen LogP contribution >= 0.6 is 11.3 Å². The maximum absolute atomic E-state index is 13.2. The molecule has 0 saturated carbocycles. The third-order valence-electron chi connectivity index (χ3n) is 4.98. The second-order valence-corrected chi connectivity index (χ2v) is 8.09. The van der Waals surface area contributed by atoms with Crippen LogP contribution in [0, 0.1) is 6.92 Å². The maximum Gasteiger partial charge on any atom is 0.266 e. The van der Waals surface area contributed by atoms with Gasteiger partial charge in [-0.3, -0.25) is 4.79 Å². The monoisotopic (exact) mass is 433 g/mol. The number of thiophene rings is 1. The van der Waals surface area contributed by atoms with E-state index in [0.29, 0.717) is 21.4 Å². The van der Waals surface area contributed by atoms with Crippen molar-refractivity contribution in [3.05, 3.63) is 82.0 Å². The lowest BCUT2D eigenvalue weighted by Crippen LogP contribution is -2.13. The van der Waals surface area contributed by atoms with E-state index >= 15 is 0 Å². The minimum Gasteiger partial charge on any atom is -0.480 e. The number of para-hydroxylation sites is 1. The summed E-state index contributed by atoms with van der Waals surface area (Å²) < 4.78 is 10.6. The maximum atomic E-state index is 13.2. The van der Waals surface area contributed by atoms with Gasteiger partial charge in [0.25, 0.3) is 5.91 Å². The molecule has 1 amide bonds. The Morgan fingerprint density at radius 3 is 2.52 bits per heavy atom. The highest BCUT2D eigenvalue weighted by Crippen LogP contribution is 2.35. The van der Waals surface area contributed by atoms with Crippen LogP contribution in [-0.2, 0) is 17.8 Å². The molecule has 0 spiro atoms. The van der Waals surface area contributed by atoms with E-state index < -0.39 is 0 Å². The van der Waals surface area contributed by atoms with Crippen molar-refractivity contribution >= 4 is 33.1 Å². The highest BCUT2D eigenvalue weighted by molar-refractivity contribution is 7.20. The van der Waals surface area contributed by atoms with Gasteiger partial charge in [-0.25, -0.2) is 4.98 Å². The average Bonchev–Trinajstić information content (AvgIpc) is 3.12. The van der Waals surface area contributed by atoms with Crippen molar-refractivity contribution in [1.29, 1.82) is 0 Å². The third-order valence-corrected chi connectivity index (χ3v) is 6.16. The first-order valence-corrected chi connectivity index (χ1v) is 10.7. The summed E-state index contributed by atoms with van der Waals surface area (Å²) in [7, 11) is 3.15. The molecule has 2 aromatic heterocycles. The molecule has 0 aliphatic heterocycles. The number of fused-ring (bicyclic) bond motifs is 1. The molecule has 7 heteroatoms. The van der Waals surface area contributed by atoms with E-state index in [1.54, 1.807) is 14.2 Å². The topological polar surface area (TPSA) is 73.3 Å². The Hall–Kier alpha value is -3.29. The van der Waals surface area contributed by atoms with Crippen LogP contribution in [0.5, 0.6) is 5.88 Å². The van der Waals surface area contributed by atoms with Gasteiger partial charge in [0.15, 0.2) is 5.82 Å². The molecule has 0 aliphatic rings. The van der Waals surface area contributed by atoms with Gasteiger partial charge in [0, 0.05) is 12.8 Å². The number of ether oxygens (including phenoxy) is 2. The highest BCUT2D eigenvalue weighted by atomic mass is 32.1. The van der Waals surface area contributed by atoms with Gasteiger partial charge in [-0.15, -0.1) is 11.3 Å². The molecular formula is C24H23N3O3S. The molecule has 0 aliphatic carbocycles. The summed E-state index contributed by atoms with van der Waals surface area (Å²) >= 11 is 1.33. The zero-order valence-electron chi connectivity index (χ0n) is 17.6. The van der Waals surface area contributed by atoms with Crippen molar-refractivity contribution in [1.82, 2.24) is 9.97 Å². The van der Waals surface area contributed by atoms with E-state index in [1.165, 1.54) is 16.9 Å². The number of rotatable bonds is 7. The molecule has 1 N–H and O–H groups in total. The quantitative estimate of drug-likeness (QED) is 0.444. The minimum absolute atomic E-state index is 0.170. The Morgan fingerprint density at radius 1 is 1.03 bits per heavy atom. The molecule has 0 saturated heterocycles. The summed E-state index contributed by atoms with van der Waals surface area (Å²) in [5, 5.41) is 3.84. The number of nitrogens with one attached hydrogen (secondary N) is 1. The van der Waals surface area contributed by atoms with Crippen LogP contribution in [0.4, 0.5) is 5.69 Å². The first-order valence-electron chi connectivity index (χ1n) is 9.86. The van der Waals surface area contributed by atoms with Crippen molar-refractivity contribution in [2.24, 2.45) is 0 Å². The van der Waals surface area contributed by atoms with Gasteiger partial charge in [0.2, 0.25) is 5.88 Å². The standard InChI is InChI=1S/C24H23N3O3S/c1-15-20-23(30-3)26-19(14-29-2)27-24(20)31-21(15)22(28)25-18-12-8-7-11-17(18)13-16-9-5-4-6-10-16/h4-12H,13-14H2,1-3H3,(H,25,28). The summed E-state index contributed by atoms with van der Waals surface area (Å²) in [6.45, 7) is 2.17. The third kappa shape index (κ3) is 4.42. The highest BCUT2D eigenvalue weighted by Gasteiger charge is 2.21. The number of amides is 1. The van der Waals surface area contributed by atoms with Crippen LogP contribution in [0.25, 0.3) is 10.2 Å². The van der Waals surface area contributed by atoms with Crippen LogP contribution in [0.2, 0.25) is 0 Å². The summed E-state index contributed by atoms with van der Waals surface area (Å²) in [6, 6.07) is 18.1. The molecule has 2 heterocycles. The molecule has 0 radical (unpaired) electrons. The number of hydrogen-bond donors (Lipinski definition) is 1. The smallest absolute Gasteiger partial charge is 0.266 e. The Bertz CT molecular complexity index is 1220. The number of benzene rings is 2. The second kappa shape index (κ2) is 9.24. The Kier molecular flexibility index (Phi) is 6.25. The van der Waals surface area contributed by atoms with Crippen molar-refractivity contribution < 1.29 is 14.3 Å². The van der Waals surface area contributed by atoms with Gasteiger partial charge in [-0.2, -0.15) is 4.98 Å². The summed E-state index contributed by atoms with van der Waals surface area (Å²) in [5.41, 5.74) is 3.85. The van der Waals surface area contributed by atoms with Crippen molar-refractivity contribution in [2.45, 2.75) is 20.0 Å². The minimum atomic E-state index is -0.170. The normalized spacial score (nSPS) is 10.9. The lowest BCUT2D eigenvalue weighted by Gasteiger charge is -2.11. The van der Waals surface area contributed by atoms with E-state index in [1.807, 2.05) is 49.4 Å². The second-order valence-electron chi connectivity index (χ2n) is 7.09. The lowest BCUT2D eigenvalue weighted by molar-refractivity contribution is 0.103. The van der Waals surface area contributed by atoms with Gasteiger partial charge >= 0.3 is 0 Å². The number of aryl methyl sites for hydroxylation is 1. The number of carbonyl (C=O) groups excluding carboxylic acids is 1. The zero-order chi connectivity index (χ0) is 21.8. The fourth-order valence-electron chi connectivity index (χ4n) is 3.49. The van der Waals surface area contributed by atoms with Crippen molar-refractivity contribution in [3.8, 4) is 5.88 Å². The zero-order valence-corrected chi connectivity index (χ0v) is 18.5. The molecule has 0 bridgehead atoms. The molecule has 4 aromatic rings. The number of aromatic nitrogens is 2. The molecule has 0 fully saturated rings. The van der Waals surface area contributed by atoms with Crippen LogP contribution in [0.15, 0.2) is 54.6 Å². The van der Waals surface area contributed by atoms with Gasteiger partial charge in [-0.05, 0) is 36.1 Å². The van der Waals surface area contributed by atoms with Crippen molar-refractivity contribution in [3.63, 3.8) is 0 Å². The Labute approximate surface area is 184 Å². The van der Waals surface area contributed by atoms with E-state index in [-0.39, 0.29) is 12.5 Å². The first kappa shape index (κ1) is 21.0. The molecule has 4 rings (SSSR count). The fraction of sp³-hybridized carbons (Fsp3) is 0.208. The number of nitrogens with zero attached hydrogens (tertiary/aromatic N) is 2. The van der Waals surface area contributed by atoms with Crippen LogP contribution < -0.4 is 10.1 Å². The van der Waals surface area contributed by atoms with Gasteiger partial charge in [0.1, 0.15) is 11.4 Å². The average molecular weight is 434 g/mol. The van der Waals surface area contributed by atoms with Crippen LogP contribution in [-0.4, -0.2) is 30.1 Å². The van der Waals surface area contributed by atoms with Crippen LogP contribution in [0.1, 0.15) is 32.2 Å². The largest absolute Gasteiger partial charge is 0.480 e. The van der Waals surface area contributed by atoms with Gasteiger partial charge in [-0.1, -0.05) is 48.5 Å². The van der Waals surface area contributed by atoms with Gasteiger partial charge in [0.05, 0.1) is 17.4 Å². The first-order chi connectivity index (χ1) is 15.1. The van der Waals surface area contributed by atoms with E-state index in [4.69, 9.17) is 9.47 Å². The molecule has 31 heavy (non-hydrogen) atoms. The van der Waals surface area contributed by atoms with E-state index in [9.17, 15) is 4.79 Å². The molecule has 6 nitrogen and oxygen atoms in total. The molecule has 2 aromatic carbocycles. The fourth-order valence-corrected chi connectivity index (χ4v) is 4.58. The molecular weight excluding hydrogens is 410 g/mol.